The lowest BCUT2D eigenvalue weighted by molar-refractivity contribution is -0.0324. The zero-order valence-electron chi connectivity index (χ0n) is 11.6. The van der Waals surface area contributed by atoms with Crippen molar-refractivity contribution in [2.75, 3.05) is 19.7 Å². The summed E-state index contributed by atoms with van der Waals surface area (Å²) < 4.78 is 5.66. The van der Waals surface area contributed by atoms with Gasteiger partial charge in [0.15, 0.2) is 5.84 Å². The summed E-state index contributed by atoms with van der Waals surface area (Å²) in [5, 5.41) is 12.3. The Kier molecular flexibility index (Phi) is 5.23. The van der Waals surface area contributed by atoms with Crippen LogP contribution in [0.2, 0.25) is 5.02 Å². The van der Waals surface area contributed by atoms with E-state index in [1.807, 2.05) is 12.1 Å². The maximum Gasteiger partial charge on any atom is 0.170 e. The molecule has 1 aliphatic heterocycles. The van der Waals surface area contributed by atoms with Crippen LogP contribution in [0.3, 0.4) is 0 Å². The Bertz CT molecular complexity index is 493. The number of nitrogens with two attached hydrogens (primary N) is 1. The van der Waals surface area contributed by atoms with Crippen molar-refractivity contribution in [1.29, 1.82) is 0 Å². The number of nitrogens with zero attached hydrogens (tertiary/aromatic N) is 2. The number of hydrogen-bond donors (Lipinski definition) is 2. The minimum atomic E-state index is 0.0656. The molecule has 0 radical (unpaired) electrons. The molecule has 110 valence electrons. The summed E-state index contributed by atoms with van der Waals surface area (Å²) in [5.74, 6) is 0.0656. The van der Waals surface area contributed by atoms with Gasteiger partial charge in [0, 0.05) is 30.2 Å². The van der Waals surface area contributed by atoms with Gasteiger partial charge in [-0.1, -0.05) is 35.8 Å². The third-order valence-electron chi connectivity index (χ3n) is 3.53. The van der Waals surface area contributed by atoms with Gasteiger partial charge in [-0.3, -0.25) is 4.90 Å². The van der Waals surface area contributed by atoms with Crippen molar-refractivity contribution in [2.45, 2.75) is 26.0 Å². The van der Waals surface area contributed by atoms with Crippen molar-refractivity contribution >= 4 is 17.4 Å². The molecule has 0 aliphatic carbocycles. The van der Waals surface area contributed by atoms with Gasteiger partial charge >= 0.3 is 0 Å². The summed E-state index contributed by atoms with van der Waals surface area (Å²) in [6, 6.07) is 5.46. The molecule has 1 unspecified atom stereocenters. The van der Waals surface area contributed by atoms with Gasteiger partial charge in [0.2, 0.25) is 0 Å². The number of amidine groups is 1. The van der Waals surface area contributed by atoms with Crippen molar-refractivity contribution in [3.05, 3.63) is 34.3 Å². The molecule has 1 aromatic carbocycles. The number of benzene rings is 1. The summed E-state index contributed by atoms with van der Waals surface area (Å²) in [4.78, 5) is 2.34. The van der Waals surface area contributed by atoms with E-state index in [0.717, 1.165) is 38.2 Å². The van der Waals surface area contributed by atoms with E-state index in [1.165, 1.54) is 0 Å². The lowest BCUT2D eigenvalue weighted by Crippen LogP contribution is -2.41. The molecule has 1 fully saturated rings. The maximum absolute atomic E-state index is 8.66. The SMILES string of the molecule is CCC1CN(Cc2ccc(/C(N)=N/O)cc2Cl)CCO1. The van der Waals surface area contributed by atoms with Gasteiger partial charge in [-0.05, 0) is 18.1 Å². The molecule has 0 spiro atoms. The number of halogens is 1. The first-order valence-electron chi connectivity index (χ1n) is 6.74. The molecular formula is C14H20ClN3O2. The number of hydrogen-bond acceptors (Lipinski definition) is 4. The van der Waals surface area contributed by atoms with Crippen LogP contribution in [-0.4, -0.2) is 41.7 Å². The topological polar surface area (TPSA) is 71.1 Å². The second-order valence-corrected chi connectivity index (χ2v) is 5.33. The molecule has 0 aromatic heterocycles. The molecule has 1 aliphatic rings. The molecule has 1 atom stereocenters. The fraction of sp³-hybridized carbons (Fsp3) is 0.500. The minimum absolute atomic E-state index is 0.0656. The van der Waals surface area contributed by atoms with E-state index >= 15 is 0 Å². The predicted octanol–water partition coefficient (Wildman–Crippen LogP) is 2.05. The van der Waals surface area contributed by atoms with Crippen LogP contribution < -0.4 is 5.73 Å². The Labute approximate surface area is 124 Å². The average molecular weight is 298 g/mol. The average Bonchev–Trinajstić information content (AvgIpc) is 2.48. The van der Waals surface area contributed by atoms with Crippen LogP contribution in [0.5, 0.6) is 0 Å². The largest absolute Gasteiger partial charge is 0.409 e. The van der Waals surface area contributed by atoms with E-state index in [9.17, 15) is 0 Å². The maximum atomic E-state index is 8.66. The minimum Gasteiger partial charge on any atom is -0.409 e. The van der Waals surface area contributed by atoms with Crippen LogP contribution in [0, 0.1) is 0 Å². The van der Waals surface area contributed by atoms with Crippen molar-refractivity contribution in [2.24, 2.45) is 10.9 Å². The molecule has 0 amide bonds. The monoisotopic (exact) mass is 297 g/mol. The van der Waals surface area contributed by atoms with Crippen molar-refractivity contribution in [3.63, 3.8) is 0 Å². The molecule has 0 bridgehead atoms. The molecular weight excluding hydrogens is 278 g/mol. The molecule has 0 saturated carbocycles. The first-order chi connectivity index (χ1) is 9.63. The molecule has 20 heavy (non-hydrogen) atoms. The molecule has 1 heterocycles. The Balaban J connectivity index is 2.06. The van der Waals surface area contributed by atoms with Gasteiger partial charge in [-0.2, -0.15) is 0 Å². The first-order valence-corrected chi connectivity index (χ1v) is 7.12. The van der Waals surface area contributed by atoms with E-state index in [4.69, 9.17) is 27.3 Å². The molecule has 1 saturated heterocycles. The summed E-state index contributed by atoms with van der Waals surface area (Å²) in [5.41, 5.74) is 7.21. The normalized spacial score (nSPS) is 21.1. The molecule has 2 rings (SSSR count). The number of ether oxygens (including phenoxy) is 1. The zero-order valence-corrected chi connectivity index (χ0v) is 12.3. The smallest absolute Gasteiger partial charge is 0.170 e. The highest BCUT2D eigenvalue weighted by Gasteiger charge is 2.19. The van der Waals surface area contributed by atoms with Crippen LogP contribution in [0.15, 0.2) is 23.4 Å². The van der Waals surface area contributed by atoms with Gasteiger partial charge in [0.1, 0.15) is 0 Å². The summed E-state index contributed by atoms with van der Waals surface area (Å²) in [6.45, 7) is 5.52. The van der Waals surface area contributed by atoms with E-state index in [-0.39, 0.29) is 5.84 Å². The molecule has 6 heteroatoms. The van der Waals surface area contributed by atoms with Crippen LogP contribution in [0.25, 0.3) is 0 Å². The van der Waals surface area contributed by atoms with Crippen LogP contribution in [-0.2, 0) is 11.3 Å². The van der Waals surface area contributed by atoms with Crippen molar-refractivity contribution in [1.82, 2.24) is 4.90 Å². The van der Waals surface area contributed by atoms with E-state index in [1.54, 1.807) is 6.07 Å². The summed E-state index contributed by atoms with van der Waals surface area (Å²) in [7, 11) is 0. The van der Waals surface area contributed by atoms with E-state index in [0.29, 0.717) is 16.7 Å². The van der Waals surface area contributed by atoms with E-state index < -0.39 is 0 Å². The number of oxime groups is 1. The molecule has 3 N–H and O–H groups in total. The fourth-order valence-electron chi connectivity index (χ4n) is 2.30. The lowest BCUT2D eigenvalue weighted by Gasteiger charge is -2.32. The third kappa shape index (κ3) is 3.62. The van der Waals surface area contributed by atoms with Crippen molar-refractivity contribution in [3.8, 4) is 0 Å². The van der Waals surface area contributed by atoms with Crippen LogP contribution in [0.1, 0.15) is 24.5 Å². The predicted molar refractivity (Wildman–Crippen MR) is 79.3 cm³/mol. The van der Waals surface area contributed by atoms with Gasteiger partial charge in [-0.25, -0.2) is 0 Å². The second-order valence-electron chi connectivity index (χ2n) is 4.93. The van der Waals surface area contributed by atoms with Crippen LogP contribution in [0.4, 0.5) is 0 Å². The van der Waals surface area contributed by atoms with E-state index in [2.05, 4.69) is 17.0 Å². The highest BCUT2D eigenvalue weighted by Crippen LogP contribution is 2.21. The Morgan fingerprint density at radius 2 is 2.40 bits per heavy atom. The fourth-order valence-corrected chi connectivity index (χ4v) is 2.54. The first kappa shape index (κ1) is 15.1. The standard InChI is InChI=1S/C14H20ClN3O2/c1-2-12-9-18(5-6-20-12)8-11-4-3-10(7-13(11)15)14(16)17-19/h3-4,7,12,19H,2,5-6,8-9H2,1H3,(H2,16,17). The second kappa shape index (κ2) is 6.92. The summed E-state index contributed by atoms with van der Waals surface area (Å²) in [6.07, 6.45) is 1.33. The van der Waals surface area contributed by atoms with Gasteiger partial charge in [-0.15, -0.1) is 0 Å². The zero-order chi connectivity index (χ0) is 14.5. The Hall–Kier alpha value is -1.30. The van der Waals surface area contributed by atoms with Gasteiger partial charge in [0.05, 0.1) is 12.7 Å². The van der Waals surface area contributed by atoms with Crippen LogP contribution >= 0.6 is 11.6 Å². The molecule has 5 nitrogen and oxygen atoms in total. The summed E-state index contributed by atoms with van der Waals surface area (Å²) >= 11 is 6.27. The lowest BCUT2D eigenvalue weighted by atomic mass is 10.1. The highest BCUT2D eigenvalue weighted by atomic mass is 35.5. The van der Waals surface area contributed by atoms with Crippen molar-refractivity contribution < 1.29 is 9.94 Å². The molecule has 1 aromatic rings. The Morgan fingerprint density at radius 1 is 1.60 bits per heavy atom. The number of morpholine rings is 1. The third-order valence-corrected chi connectivity index (χ3v) is 3.88. The quantitative estimate of drug-likeness (QED) is 0.386. The number of rotatable bonds is 4. The van der Waals surface area contributed by atoms with Gasteiger partial charge < -0.3 is 15.7 Å². The Morgan fingerprint density at radius 3 is 3.05 bits per heavy atom. The highest BCUT2D eigenvalue weighted by molar-refractivity contribution is 6.31. The van der Waals surface area contributed by atoms with Gasteiger partial charge in [0.25, 0.3) is 0 Å².